The first kappa shape index (κ1) is 14.9. The second kappa shape index (κ2) is 7.36. The van der Waals surface area contributed by atoms with Crippen LogP contribution in [0.15, 0.2) is 65.9 Å². The molecule has 0 aliphatic heterocycles. The largest absolute Gasteiger partial charge is 0.489 e. The van der Waals surface area contributed by atoms with Crippen LogP contribution in [0.25, 0.3) is 5.76 Å². The summed E-state index contributed by atoms with van der Waals surface area (Å²) in [5.74, 6) is 1.74. The van der Waals surface area contributed by atoms with Crippen LogP contribution in [0, 0.1) is 22.7 Å². The van der Waals surface area contributed by atoms with E-state index in [4.69, 9.17) is 20.0 Å². The van der Waals surface area contributed by atoms with Crippen molar-refractivity contribution in [3.63, 3.8) is 0 Å². The van der Waals surface area contributed by atoms with Gasteiger partial charge in [-0.05, 0) is 42.1 Å². The molecule has 0 spiro atoms. The molecule has 22 heavy (non-hydrogen) atoms. The minimum absolute atomic E-state index is 0.138. The van der Waals surface area contributed by atoms with Crippen LogP contribution in [0.5, 0.6) is 11.5 Å². The highest BCUT2D eigenvalue weighted by Crippen LogP contribution is 2.23. The number of para-hydroxylation sites is 1. The van der Waals surface area contributed by atoms with Crippen molar-refractivity contribution in [2.24, 2.45) is 0 Å². The lowest BCUT2D eigenvalue weighted by atomic mass is 10.1. The zero-order valence-electron chi connectivity index (χ0n) is 11.9. The second-order valence-electron chi connectivity index (χ2n) is 4.20. The fraction of sp³-hybridized carbons (Fsp3) is 0.0556. The average Bonchev–Trinajstić information content (AvgIpc) is 2.58. The van der Waals surface area contributed by atoms with Gasteiger partial charge in [-0.2, -0.15) is 10.5 Å². The number of methoxy groups -OCH3 is 1. The van der Waals surface area contributed by atoms with Gasteiger partial charge >= 0.3 is 0 Å². The predicted octanol–water partition coefficient (Wildman–Crippen LogP) is 4.04. The number of allylic oxidation sites excluding steroid dienone is 1. The zero-order chi connectivity index (χ0) is 15.8. The van der Waals surface area contributed by atoms with Crippen LogP contribution in [-0.4, -0.2) is 7.11 Å². The molecule has 4 nitrogen and oxygen atoms in total. The van der Waals surface area contributed by atoms with E-state index in [0.29, 0.717) is 17.1 Å². The molecule has 0 saturated heterocycles. The minimum atomic E-state index is -0.138. The van der Waals surface area contributed by atoms with E-state index in [1.165, 1.54) is 7.11 Å². The fourth-order valence-electron chi connectivity index (χ4n) is 1.73. The Labute approximate surface area is 128 Å². The van der Waals surface area contributed by atoms with Gasteiger partial charge in [-0.15, -0.1) is 0 Å². The van der Waals surface area contributed by atoms with Crippen LogP contribution in [0.1, 0.15) is 5.56 Å². The Balaban J connectivity index is 2.27. The summed E-state index contributed by atoms with van der Waals surface area (Å²) in [6.45, 7) is 0. The van der Waals surface area contributed by atoms with E-state index in [9.17, 15) is 0 Å². The van der Waals surface area contributed by atoms with E-state index in [1.807, 2.05) is 30.3 Å². The number of ether oxygens (including phenoxy) is 2. The molecule has 0 amide bonds. The van der Waals surface area contributed by atoms with E-state index < -0.39 is 0 Å². The molecular formula is C18H12N2O2. The number of hydrogen-bond donors (Lipinski definition) is 0. The number of rotatable bonds is 4. The predicted molar refractivity (Wildman–Crippen MR) is 81.6 cm³/mol. The van der Waals surface area contributed by atoms with E-state index in [2.05, 4.69) is 5.73 Å². The van der Waals surface area contributed by atoms with Crippen molar-refractivity contribution < 1.29 is 9.47 Å². The molecule has 0 unspecified atom stereocenters. The van der Waals surface area contributed by atoms with Crippen LogP contribution in [0.3, 0.4) is 0 Å². The van der Waals surface area contributed by atoms with Gasteiger partial charge in [0.25, 0.3) is 0 Å². The summed E-state index contributed by atoms with van der Waals surface area (Å²) < 4.78 is 10.9. The first-order valence-corrected chi connectivity index (χ1v) is 6.45. The number of benzene rings is 2. The van der Waals surface area contributed by atoms with Crippen LogP contribution in [0.2, 0.25) is 0 Å². The highest BCUT2D eigenvalue weighted by molar-refractivity contribution is 5.62. The molecule has 0 aromatic heterocycles. The lowest BCUT2D eigenvalue weighted by molar-refractivity contribution is 0.370. The van der Waals surface area contributed by atoms with E-state index >= 15 is 0 Å². The number of nitriles is 2. The van der Waals surface area contributed by atoms with Gasteiger partial charge in [0.1, 0.15) is 23.6 Å². The minimum Gasteiger partial charge on any atom is -0.489 e. The third kappa shape index (κ3) is 3.77. The summed E-state index contributed by atoms with van der Waals surface area (Å²) in [7, 11) is 1.46. The van der Waals surface area contributed by atoms with Crippen LogP contribution in [0.4, 0.5) is 0 Å². The van der Waals surface area contributed by atoms with Crippen molar-refractivity contribution in [2.45, 2.75) is 0 Å². The lowest BCUT2D eigenvalue weighted by Gasteiger charge is -2.07. The van der Waals surface area contributed by atoms with Gasteiger partial charge in [0.2, 0.25) is 0 Å². The maximum atomic E-state index is 8.76. The smallest absolute Gasteiger partial charge is 0.175 e. The standard InChI is InChI=1S/C18H12N2O2/c1-21-18(11-14(12-19)13-20)15-7-9-17(10-8-15)22-16-5-3-2-4-6-16/h2-10H,1H3. The van der Waals surface area contributed by atoms with Crippen molar-refractivity contribution in [2.75, 3.05) is 7.11 Å². The molecule has 0 aliphatic rings. The second-order valence-corrected chi connectivity index (χ2v) is 4.20. The van der Waals surface area contributed by atoms with Gasteiger partial charge in [-0.25, -0.2) is 0 Å². The lowest BCUT2D eigenvalue weighted by Crippen LogP contribution is -1.88. The molecule has 0 radical (unpaired) electrons. The topological polar surface area (TPSA) is 66.0 Å². The zero-order valence-corrected chi connectivity index (χ0v) is 11.9. The Morgan fingerprint density at radius 3 is 2.00 bits per heavy atom. The summed E-state index contributed by atoms with van der Waals surface area (Å²) in [6, 6.07) is 20.0. The molecule has 4 heteroatoms. The average molecular weight is 288 g/mol. The molecule has 0 bridgehead atoms. The molecular weight excluding hydrogens is 276 g/mol. The quantitative estimate of drug-likeness (QED) is 0.484. The highest BCUT2D eigenvalue weighted by atomic mass is 16.5. The van der Waals surface area contributed by atoms with Gasteiger partial charge in [0.05, 0.1) is 7.11 Å². The molecule has 106 valence electrons. The number of hydrogen-bond acceptors (Lipinski definition) is 4. The van der Waals surface area contributed by atoms with E-state index in [-0.39, 0.29) is 5.57 Å². The van der Waals surface area contributed by atoms with E-state index in [1.54, 1.807) is 36.4 Å². The third-order valence-corrected chi connectivity index (χ3v) is 2.76. The maximum absolute atomic E-state index is 8.76. The summed E-state index contributed by atoms with van der Waals surface area (Å²) >= 11 is 0. The first-order chi connectivity index (χ1) is 10.8. The summed E-state index contributed by atoms with van der Waals surface area (Å²) in [6.07, 6.45) is 0. The van der Waals surface area contributed by atoms with Crippen molar-refractivity contribution in [3.05, 3.63) is 71.5 Å². The van der Waals surface area contributed by atoms with Gasteiger partial charge in [-0.1, -0.05) is 18.2 Å². The molecule has 0 N–H and O–H groups in total. The Morgan fingerprint density at radius 2 is 1.45 bits per heavy atom. The third-order valence-electron chi connectivity index (χ3n) is 2.76. The summed E-state index contributed by atoms with van der Waals surface area (Å²) in [5, 5.41) is 17.5. The van der Waals surface area contributed by atoms with Crippen LogP contribution in [-0.2, 0) is 4.74 Å². The van der Waals surface area contributed by atoms with Crippen LogP contribution >= 0.6 is 0 Å². The molecule has 2 aromatic rings. The van der Waals surface area contributed by atoms with Gasteiger partial charge in [-0.3, -0.25) is 0 Å². The van der Waals surface area contributed by atoms with Gasteiger partial charge in [0.15, 0.2) is 11.3 Å². The Morgan fingerprint density at radius 1 is 0.864 bits per heavy atom. The normalized spacial score (nSPS) is 8.86. The van der Waals surface area contributed by atoms with Crippen molar-refractivity contribution in [1.29, 1.82) is 10.5 Å². The molecule has 0 saturated carbocycles. The Hall–Kier alpha value is -3.46. The number of nitrogens with zero attached hydrogens (tertiary/aromatic N) is 2. The molecule has 2 rings (SSSR count). The van der Waals surface area contributed by atoms with E-state index in [0.717, 1.165) is 5.75 Å². The Bertz CT molecular complexity index is 772. The molecule has 0 heterocycles. The molecule has 0 atom stereocenters. The van der Waals surface area contributed by atoms with Gasteiger partial charge in [0, 0.05) is 5.56 Å². The fourth-order valence-corrected chi connectivity index (χ4v) is 1.73. The molecule has 2 aromatic carbocycles. The first-order valence-electron chi connectivity index (χ1n) is 6.45. The summed E-state index contributed by atoms with van der Waals surface area (Å²) in [4.78, 5) is 0. The monoisotopic (exact) mass is 288 g/mol. The van der Waals surface area contributed by atoms with Crippen molar-refractivity contribution in [1.82, 2.24) is 0 Å². The molecule has 0 fully saturated rings. The Kier molecular flexibility index (Phi) is 5.00. The van der Waals surface area contributed by atoms with Crippen molar-refractivity contribution in [3.8, 4) is 23.6 Å². The van der Waals surface area contributed by atoms with Crippen molar-refractivity contribution >= 4 is 5.76 Å². The summed E-state index contributed by atoms with van der Waals surface area (Å²) in [5.41, 5.74) is 3.20. The molecule has 0 aliphatic carbocycles. The maximum Gasteiger partial charge on any atom is 0.175 e. The highest BCUT2D eigenvalue weighted by Gasteiger charge is 2.03. The van der Waals surface area contributed by atoms with Crippen LogP contribution < -0.4 is 4.74 Å². The SMILES string of the molecule is COC(=C=C(C#N)C#N)c1ccc(Oc2ccccc2)cc1. The van der Waals surface area contributed by atoms with Gasteiger partial charge < -0.3 is 9.47 Å².